The number of carboxylic acid groups (broad SMARTS) is 1. The van der Waals surface area contributed by atoms with Gasteiger partial charge in [-0.05, 0) is 38.0 Å². The van der Waals surface area contributed by atoms with Crippen molar-refractivity contribution in [1.29, 1.82) is 0 Å². The molecule has 0 bridgehead atoms. The fourth-order valence-corrected chi connectivity index (χ4v) is 4.40. The molecule has 0 saturated carbocycles. The minimum Gasteiger partial charge on any atom is -0.481 e. The van der Waals surface area contributed by atoms with Gasteiger partial charge in [0.1, 0.15) is 0 Å². The Morgan fingerprint density at radius 2 is 2.00 bits per heavy atom. The summed E-state index contributed by atoms with van der Waals surface area (Å²) < 4.78 is 31.4. The molecular weight excluding hydrogens is 322 g/mol. The molecular formula is C15H19NO6S. The summed E-state index contributed by atoms with van der Waals surface area (Å²) in [7, 11) is -2.66. The number of methoxy groups -OCH3 is 1. The zero-order valence-corrected chi connectivity index (χ0v) is 13.7. The molecule has 2 atom stereocenters. The molecule has 0 aliphatic carbocycles. The van der Waals surface area contributed by atoms with Gasteiger partial charge in [0.2, 0.25) is 10.0 Å². The molecule has 1 heterocycles. The van der Waals surface area contributed by atoms with E-state index in [2.05, 4.69) is 4.74 Å². The van der Waals surface area contributed by atoms with Crippen LogP contribution in [0.5, 0.6) is 0 Å². The third-order valence-corrected chi connectivity index (χ3v) is 6.01. The van der Waals surface area contributed by atoms with Crippen LogP contribution in [0, 0.1) is 5.92 Å². The average Bonchev–Trinajstić information content (AvgIpc) is 2.54. The van der Waals surface area contributed by atoms with Crippen LogP contribution in [0.3, 0.4) is 0 Å². The van der Waals surface area contributed by atoms with Crippen molar-refractivity contribution >= 4 is 22.0 Å². The van der Waals surface area contributed by atoms with Crippen molar-refractivity contribution in [2.75, 3.05) is 13.7 Å². The number of carbonyl (C=O) groups is 2. The number of hydrogen-bond acceptors (Lipinski definition) is 5. The second-order valence-corrected chi connectivity index (χ2v) is 7.45. The zero-order chi connectivity index (χ0) is 17.2. The molecule has 0 aromatic heterocycles. The quantitative estimate of drug-likeness (QED) is 0.830. The van der Waals surface area contributed by atoms with Crippen LogP contribution in [0.4, 0.5) is 0 Å². The minimum atomic E-state index is -3.88. The highest BCUT2D eigenvalue weighted by atomic mass is 32.2. The van der Waals surface area contributed by atoms with Gasteiger partial charge in [0.25, 0.3) is 0 Å². The molecule has 0 amide bonds. The van der Waals surface area contributed by atoms with Gasteiger partial charge in [-0.2, -0.15) is 4.31 Å². The molecule has 1 aliphatic rings. The van der Waals surface area contributed by atoms with Crippen molar-refractivity contribution < 1.29 is 27.9 Å². The van der Waals surface area contributed by atoms with Gasteiger partial charge in [-0.1, -0.05) is 6.07 Å². The highest BCUT2D eigenvalue weighted by Gasteiger charge is 2.37. The number of nitrogens with zero attached hydrogens (tertiary/aromatic N) is 1. The lowest BCUT2D eigenvalue weighted by Crippen LogP contribution is -2.47. The first-order valence-electron chi connectivity index (χ1n) is 7.20. The molecule has 1 aromatic carbocycles. The Balaban J connectivity index is 2.37. The van der Waals surface area contributed by atoms with E-state index in [1.165, 1.54) is 35.7 Å². The van der Waals surface area contributed by atoms with E-state index < -0.39 is 27.9 Å². The molecule has 8 heteroatoms. The number of benzene rings is 1. The third kappa shape index (κ3) is 3.53. The molecule has 126 valence electrons. The van der Waals surface area contributed by atoms with E-state index in [-0.39, 0.29) is 23.0 Å². The molecule has 1 saturated heterocycles. The van der Waals surface area contributed by atoms with Gasteiger partial charge in [0.15, 0.2) is 0 Å². The predicted octanol–water partition coefficient (Wildman–Crippen LogP) is 1.35. The average molecular weight is 341 g/mol. The first-order chi connectivity index (χ1) is 10.8. The Hall–Kier alpha value is -1.93. The predicted molar refractivity (Wildman–Crippen MR) is 81.5 cm³/mol. The minimum absolute atomic E-state index is 0.0433. The van der Waals surface area contributed by atoms with Crippen LogP contribution in [-0.4, -0.2) is 49.5 Å². The van der Waals surface area contributed by atoms with E-state index in [4.69, 9.17) is 5.11 Å². The zero-order valence-electron chi connectivity index (χ0n) is 12.9. The molecule has 0 spiro atoms. The summed E-state index contributed by atoms with van der Waals surface area (Å²) in [6, 6.07) is 5.27. The summed E-state index contributed by atoms with van der Waals surface area (Å²) in [5, 5.41) is 9.14. The number of ether oxygens (including phenoxy) is 1. The lowest BCUT2D eigenvalue weighted by atomic mass is 9.96. The Bertz CT molecular complexity index is 714. The van der Waals surface area contributed by atoms with Crippen molar-refractivity contribution in [1.82, 2.24) is 4.31 Å². The SMILES string of the molecule is COC(=O)c1cccc(S(=O)(=O)N2CC(C(=O)O)CCC2C)c1. The van der Waals surface area contributed by atoms with E-state index in [0.29, 0.717) is 12.8 Å². The van der Waals surface area contributed by atoms with Crippen LogP contribution in [0.15, 0.2) is 29.2 Å². The van der Waals surface area contributed by atoms with Gasteiger partial charge >= 0.3 is 11.9 Å². The number of esters is 1. The van der Waals surface area contributed by atoms with Gasteiger partial charge in [0, 0.05) is 12.6 Å². The highest BCUT2D eigenvalue weighted by Crippen LogP contribution is 2.28. The number of rotatable bonds is 4. The smallest absolute Gasteiger partial charge is 0.337 e. The van der Waals surface area contributed by atoms with Gasteiger partial charge < -0.3 is 9.84 Å². The molecule has 2 unspecified atom stereocenters. The van der Waals surface area contributed by atoms with E-state index >= 15 is 0 Å². The van der Waals surface area contributed by atoms with Crippen LogP contribution in [0.1, 0.15) is 30.1 Å². The number of piperidine rings is 1. The molecule has 1 aliphatic heterocycles. The van der Waals surface area contributed by atoms with Crippen molar-refractivity contribution in [3.63, 3.8) is 0 Å². The molecule has 7 nitrogen and oxygen atoms in total. The summed E-state index contributed by atoms with van der Waals surface area (Å²) >= 11 is 0. The van der Waals surface area contributed by atoms with Crippen molar-refractivity contribution in [2.24, 2.45) is 5.92 Å². The molecule has 2 rings (SSSR count). The maximum atomic E-state index is 12.8. The second kappa shape index (κ2) is 6.67. The fourth-order valence-electron chi connectivity index (χ4n) is 2.65. The number of carbonyl (C=O) groups excluding carboxylic acids is 1. The first kappa shape index (κ1) is 17.4. The van der Waals surface area contributed by atoms with Crippen LogP contribution in [0.2, 0.25) is 0 Å². The van der Waals surface area contributed by atoms with Crippen molar-refractivity contribution in [2.45, 2.75) is 30.7 Å². The lowest BCUT2D eigenvalue weighted by Gasteiger charge is -2.35. The van der Waals surface area contributed by atoms with E-state index in [0.717, 1.165) is 0 Å². The van der Waals surface area contributed by atoms with E-state index in [1.807, 2.05) is 0 Å². The van der Waals surface area contributed by atoms with Gasteiger partial charge in [-0.3, -0.25) is 4.79 Å². The van der Waals surface area contributed by atoms with Crippen LogP contribution in [-0.2, 0) is 19.6 Å². The van der Waals surface area contributed by atoms with Crippen molar-refractivity contribution in [3.8, 4) is 0 Å². The largest absolute Gasteiger partial charge is 0.481 e. The number of aliphatic carboxylic acids is 1. The van der Waals surface area contributed by atoms with Crippen LogP contribution in [0.25, 0.3) is 0 Å². The van der Waals surface area contributed by atoms with Crippen LogP contribution >= 0.6 is 0 Å². The fraction of sp³-hybridized carbons (Fsp3) is 0.467. The van der Waals surface area contributed by atoms with E-state index in [9.17, 15) is 18.0 Å². The lowest BCUT2D eigenvalue weighted by molar-refractivity contribution is -0.143. The number of carboxylic acids is 1. The summed E-state index contributed by atoms with van der Waals surface area (Å²) in [6.45, 7) is 1.68. The maximum Gasteiger partial charge on any atom is 0.337 e. The van der Waals surface area contributed by atoms with Gasteiger partial charge in [-0.15, -0.1) is 0 Å². The number of sulfonamides is 1. The summed E-state index contributed by atoms with van der Waals surface area (Å²) in [5.74, 6) is -2.35. The van der Waals surface area contributed by atoms with Crippen LogP contribution < -0.4 is 0 Å². The van der Waals surface area contributed by atoms with Gasteiger partial charge in [0.05, 0.1) is 23.5 Å². The van der Waals surface area contributed by atoms with Crippen molar-refractivity contribution in [3.05, 3.63) is 29.8 Å². The normalized spacial score (nSPS) is 22.5. The maximum absolute atomic E-state index is 12.8. The highest BCUT2D eigenvalue weighted by molar-refractivity contribution is 7.89. The molecule has 0 radical (unpaired) electrons. The Kier molecular flexibility index (Phi) is 5.06. The molecule has 23 heavy (non-hydrogen) atoms. The van der Waals surface area contributed by atoms with Gasteiger partial charge in [-0.25, -0.2) is 13.2 Å². The standard InChI is InChI=1S/C15H19NO6S/c1-10-6-7-12(14(17)18)9-16(10)23(20,21)13-5-3-4-11(8-13)15(19)22-2/h3-5,8,10,12H,6-7,9H2,1-2H3,(H,17,18). The number of hydrogen-bond donors (Lipinski definition) is 1. The second-order valence-electron chi connectivity index (χ2n) is 5.56. The third-order valence-electron chi connectivity index (χ3n) is 4.04. The molecule has 1 N–H and O–H groups in total. The molecule has 1 aromatic rings. The Morgan fingerprint density at radius 3 is 2.61 bits per heavy atom. The monoisotopic (exact) mass is 341 g/mol. The topological polar surface area (TPSA) is 101 Å². The first-order valence-corrected chi connectivity index (χ1v) is 8.64. The van der Waals surface area contributed by atoms with E-state index in [1.54, 1.807) is 6.92 Å². The summed E-state index contributed by atoms with van der Waals surface area (Å²) in [5.41, 5.74) is 0.132. The summed E-state index contributed by atoms with van der Waals surface area (Å²) in [4.78, 5) is 22.7. The Morgan fingerprint density at radius 1 is 1.30 bits per heavy atom. The molecule has 1 fully saturated rings. The Labute approximate surface area is 134 Å². The summed E-state index contributed by atoms with van der Waals surface area (Å²) in [6.07, 6.45) is 0.928.